The van der Waals surface area contributed by atoms with Crippen molar-refractivity contribution in [1.29, 1.82) is 0 Å². The van der Waals surface area contributed by atoms with Crippen LogP contribution >= 0.6 is 0 Å². The molecule has 0 fully saturated rings. The second-order valence-electron chi connectivity index (χ2n) is 5.47. The monoisotopic (exact) mass is 356 g/mol. The molecule has 0 unspecified atom stereocenters. The van der Waals surface area contributed by atoms with Gasteiger partial charge in [0.2, 0.25) is 0 Å². The number of amides is 2. The molecule has 2 rings (SSSR count). The Bertz CT molecular complexity index is 773. The third-order valence-electron chi connectivity index (χ3n) is 3.46. The molecule has 0 radical (unpaired) electrons. The molecule has 0 spiro atoms. The molecule has 0 aliphatic carbocycles. The van der Waals surface area contributed by atoms with E-state index in [-0.39, 0.29) is 11.8 Å². The number of hydrogen-bond donors (Lipinski definition) is 2. The number of benzene rings is 2. The first-order valence-electron chi connectivity index (χ1n) is 8.31. The molecule has 26 heavy (non-hydrogen) atoms. The van der Waals surface area contributed by atoms with Crippen LogP contribution in [0.5, 0.6) is 0 Å². The third-order valence-corrected chi connectivity index (χ3v) is 3.46. The molecular formula is C20H21FN2O3. The summed E-state index contributed by atoms with van der Waals surface area (Å²) >= 11 is 0. The highest BCUT2D eigenvalue weighted by atomic mass is 19.1. The first-order chi connectivity index (χ1) is 12.6. The van der Waals surface area contributed by atoms with Crippen molar-refractivity contribution >= 4 is 23.8 Å². The highest BCUT2D eigenvalue weighted by molar-refractivity contribution is 5.90. The predicted molar refractivity (Wildman–Crippen MR) is 99.2 cm³/mol. The fourth-order valence-electron chi connectivity index (χ4n) is 2.22. The van der Waals surface area contributed by atoms with E-state index in [0.717, 1.165) is 11.1 Å². The van der Waals surface area contributed by atoms with E-state index in [9.17, 15) is 14.0 Å². The Balaban J connectivity index is 1.77. The number of carbonyl (C=O) groups is 2. The van der Waals surface area contributed by atoms with Gasteiger partial charge in [-0.15, -0.1) is 0 Å². The first-order valence-corrected chi connectivity index (χ1v) is 8.31. The van der Waals surface area contributed by atoms with Crippen LogP contribution in [0.2, 0.25) is 0 Å². The van der Waals surface area contributed by atoms with Gasteiger partial charge in [0.05, 0.1) is 6.61 Å². The topological polar surface area (TPSA) is 67.4 Å². The van der Waals surface area contributed by atoms with Crippen LogP contribution in [-0.2, 0) is 16.0 Å². The van der Waals surface area contributed by atoms with Gasteiger partial charge >= 0.3 is 12.0 Å². The van der Waals surface area contributed by atoms with E-state index in [1.807, 2.05) is 6.07 Å². The van der Waals surface area contributed by atoms with E-state index >= 15 is 0 Å². The van der Waals surface area contributed by atoms with Crippen LogP contribution < -0.4 is 10.6 Å². The summed E-state index contributed by atoms with van der Waals surface area (Å²) in [5.74, 6) is -0.684. The average molecular weight is 356 g/mol. The Kier molecular flexibility index (Phi) is 7.36. The summed E-state index contributed by atoms with van der Waals surface area (Å²) in [4.78, 5) is 23.1. The summed E-state index contributed by atoms with van der Waals surface area (Å²) in [5, 5.41) is 5.43. The van der Waals surface area contributed by atoms with Crippen LogP contribution in [0.4, 0.5) is 14.9 Å². The minimum atomic E-state index is -0.396. The van der Waals surface area contributed by atoms with Crippen molar-refractivity contribution in [1.82, 2.24) is 5.32 Å². The molecule has 0 saturated carbocycles. The molecule has 0 aromatic heterocycles. The Labute approximate surface area is 151 Å². The van der Waals surface area contributed by atoms with Crippen molar-refractivity contribution in [3.05, 3.63) is 71.6 Å². The number of ether oxygens (including phenoxy) is 1. The summed E-state index contributed by atoms with van der Waals surface area (Å²) < 4.78 is 17.9. The van der Waals surface area contributed by atoms with Gasteiger partial charge in [0.25, 0.3) is 0 Å². The highest BCUT2D eigenvalue weighted by Gasteiger charge is 2.02. The van der Waals surface area contributed by atoms with Crippen molar-refractivity contribution in [2.24, 2.45) is 0 Å². The summed E-state index contributed by atoms with van der Waals surface area (Å²) in [6.07, 6.45) is 3.54. The van der Waals surface area contributed by atoms with E-state index in [1.165, 1.54) is 18.2 Å². The molecule has 0 heterocycles. The van der Waals surface area contributed by atoms with Gasteiger partial charge in [-0.05, 0) is 54.8 Å². The molecule has 136 valence electrons. The SMILES string of the molecule is CCOC(=O)/C=C/c1ccc(NC(=O)NCCc2cccc(F)c2)cc1. The van der Waals surface area contributed by atoms with Gasteiger partial charge in [0.1, 0.15) is 5.82 Å². The molecule has 0 aliphatic rings. The molecule has 0 atom stereocenters. The molecule has 0 saturated heterocycles. The zero-order valence-corrected chi connectivity index (χ0v) is 14.5. The molecule has 2 N–H and O–H groups in total. The molecular weight excluding hydrogens is 335 g/mol. The minimum Gasteiger partial charge on any atom is -0.463 e. The van der Waals surface area contributed by atoms with Gasteiger partial charge in [-0.1, -0.05) is 24.3 Å². The first kappa shape index (κ1) is 19.2. The van der Waals surface area contributed by atoms with Crippen molar-refractivity contribution in [3.63, 3.8) is 0 Å². The normalized spacial score (nSPS) is 10.5. The van der Waals surface area contributed by atoms with Crippen LogP contribution in [0, 0.1) is 5.82 Å². The number of hydrogen-bond acceptors (Lipinski definition) is 3. The number of nitrogens with one attached hydrogen (secondary N) is 2. The predicted octanol–water partition coefficient (Wildman–Crippen LogP) is 3.77. The van der Waals surface area contributed by atoms with Crippen molar-refractivity contribution in [2.75, 3.05) is 18.5 Å². The zero-order valence-electron chi connectivity index (χ0n) is 14.5. The minimum absolute atomic E-state index is 0.288. The largest absolute Gasteiger partial charge is 0.463 e. The summed E-state index contributed by atoms with van der Waals surface area (Å²) in [6, 6.07) is 13.0. The highest BCUT2D eigenvalue weighted by Crippen LogP contribution is 2.11. The summed E-state index contributed by atoms with van der Waals surface area (Å²) in [5.41, 5.74) is 2.26. The summed E-state index contributed by atoms with van der Waals surface area (Å²) in [7, 11) is 0. The Hall–Kier alpha value is -3.15. The molecule has 2 aromatic carbocycles. The number of esters is 1. The second kappa shape index (κ2) is 9.98. The third kappa shape index (κ3) is 6.76. The van der Waals surface area contributed by atoms with Gasteiger partial charge in [-0.2, -0.15) is 0 Å². The number of anilines is 1. The molecule has 2 amide bonds. The Morgan fingerprint density at radius 2 is 1.92 bits per heavy atom. The van der Waals surface area contributed by atoms with E-state index in [2.05, 4.69) is 10.6 Å². The van der Waals surface area contributed by atoms with Gasteiger partial charge in [0.15, 0.2) is 0 Å². The maximum absolute atomic E-state index is 13.1. The van der Waals surface area contributed by atoms with E-state index in [4.69, 9.17) is 4.74 Å². The van der Waals surface area contributed by atoms with Crippen LogP contribution in [0.3, 0.4) is 0 Å². The van der Waals surface area contributed by atoms with Crippen LogP contribution in [0.25, 0.3) is 6.08 Å². The van der Waals surface area contributed by atoms with E-state index in [1.54, 1.807) is 43.3 Å². The molecule has 5 nitrogen and oxygen atoms in total. The lowest BCUT2D eigenvalue weighted by atomic mass is 10.1. The summed E-state index contributed by atoms with van der Waals surface area (Å²) in [6.45, 7) is 2.48. The van der Waals surface area contributed by atoms with Crippen LogP contribution in [-0.4, -0.2) is 25.2 Å². The zero-order chi connectivity index (χ0) is 18.8. The number of urea groups is 1. The molecule has 0 aliphatic heterocycles. The number of halogens is 1. The Morgan fingerprint density at radius 1 is 1.15 bits per heavy atom. The van der Waals surface area contributed by atoms with Crippen molar-refractivity contribution in [3.8, 4) is 0 Å². The lowest BCUT2D eigenvalue weighted by molar-refractivity contribution is -0.137. The lowest BCUT2D eigenvalue weighted by Crippen LogP contribution is -2.30. The fraction of sp³-hybridized carbons (Fsp3) is 0.200. The van der Waals surface area contributed by atoms with E-state index < -0.39 is 5.97 Å². The van der Waals surface area contributed by atoms with Gasteiger partial charge < -0.3 is 15.4 Å². The van der Waals surface area contributed by atoms with Gasteiger partial charge in [-0.3, -0.25) is 0 Å². The Morgan fingerprint density at radius 3 is 2.62 bits per heavy atom. The number of rotatable bonds is 7. The van der Waals surface area contributed by atoms with Crippen molar-refractivity contribution in [2.45, 2.75) is 13.3 Å². The number of carbonyl (C=O) groups excluding carboxylic acids is 2. The van der Waals surface area contributed by atoms with E-state index in [0.29, 0.717) is 25.3 Å². The smallest absolute Gasteiger partial charge is 0.330 e. The molecule has 6 heteroatoms. The second-order valence-corrected chi connectivity index (χ2v) is 5.47. The van der Waals surface area contributed by atoms with Gasteiger partial charge in [0, 0.05) is 18.3 Å². The maximum atomic E-state index is 13.1. The van der Waals surface area contributed by atoms with Gasteiger partial charge in [-0.25, -0.2) is 14.0 Å². The lowest BCUT2D eigenvalue weighted by Gasteiger charge is -2.08. The standard InChI is InChI=1S/C20H21FN2O3/c1-2-26-19(24)11-8-15-6-9-18(10-7-15)23-20(25)22-13-12-16-4-3-5-17(21)14-16/h3-11,14H,2,12-13H2,1H3,(H2,22,23,25)/b11-8+. The molecule has 0 bridgehead atoms. The quantitative estimate of drug-likeness (QED) is 0.586. The van der Waals surface area contributed by atoms with Crippen LogP contribution in [0.15, 0.2) is 54.6 Å². The molecule has 2 aromatic rings. The van der Waals surface area contributed by atoms with Crippen LogP contribution in [0.1, 0.15) is 18.1 Å². The fourth-order valence-corrected chi connectivity index (χ4v) is 2.22. The average Bonchev–Trinajstić information content (AvgIpc) is 2.61. The van der Waals surface area contributed by atoms with Crippen molar-refractivity contribution < 1.29 is 18.7 Å². The maximum Gasteiger partial charge on any atom is 0.330 e.